The summed E-state index contributed by atoms with van der Waals surface area (Å²) in [7, 11) is 3.28. The molecule has 0 aliphatic carbocycles. The minimum Gasteiger partial charge on any atom is -0.497 e. The van der Waals surface area contributed by atoms with Crippen LogP contribution in [0.1, 0.15) is 18.5 Å². The monoisotopic (exact) mass is 305 g/mol. The van der Waals surface area contributed by atoms with Crippen molar-refractivity contribution in [3.63, 3.8) is 0 Å². The third-order valence-corrected chi connectivity index (χ3v) is 3.50. The van der Waals surface area contributed by atoms with Crippen LogP contribution < -0.4 is 20.5 Å². The zero-order valence-electron chi connectivity index (χ0n) is 13.1. The molecule has 0 radical (unpaired) electrons. The van der Waals surface area contributed by atoms with Gasteiger partial charge in [0.05, 0.1) is 19.7 Å². The van der Waals surface area contributed by atoms with Gasteiger partial charge in [0.15, 0.2) is 0 Å². The molecule has 4 N–H and O–H groups in total. The molecule has 0 aliphatic heterocycles. The maximum Gasteiger partial charge on any atom is 0.221 e. The normalized spacial score (nSPS) is 10.7. The van der Waals surface area contributed by atoms with Crippen molar-refractivity contribution < 1.29 is 14.3 Å². The molecule has 0 bridgehead atoms. The van der Waals surface area contributed by atoms with Gasteiger partial charge < -0.3 is 25.5 Å². The number of rotatable bonds is 8. The van der Waals surface area contributed by atoms with Crippen molar-refractivity contribution in [2.75, 3.05) is 27.3 Å². The van der Waals surface area contributed by atoms with Crippen LogP contribution in [0, 0.1) is 0 Å². The highest BCUT2D eigenvalue weighted by molar-refractivity contribution is 5.88. The molecular weight excluding hydrogens is 282 g/mol. The lowest BCUT2D eigenvalue weighted by Crippen LogP contribution is -2.26. The summed E-state index contributed by atoms with van der Waals surface area (Å²) in [5, 5.41) is 3.88. The first-order chi connectivity index (χ1) is 10.7. The molecule has 6 nitrogen and oxygen atoms in total. The Hall–Kier alpha value is -2.21. The Morgan fingerprint density at radius 3 is 2.77 bits per heavy atom. The quantitative estimate of drug-likeness (QED) is 0.646. The van der Waals surface area contributed by atoms with E-state index in [1.807, 2.05) is 12.1 Å². The molecule has 2 aromatic rings. The lowest BCUT2D eigenvalue weighted by Gasteiger charge is -2.04. The Labute approximate surface area is 130 Å². The molecule has 120 valence electrons. The molecule has 0 atom stereocenters. The van der Waals surface area contributed by atoms with Crippen LogP contribution in [0.2, 0.25) is 0 Å². The number of fused-ring (bicyclic) bond motifs is 1. The number of ether oxygens (including phenoxy) is 2. The van der Waals surface area contributed by atoms with Crippen LogP contribution in [-0.4, -0.2) is 38.2 Å². The van der Waals surface area contributed by atoms with E-state index < -0.39 is 0 Å². The van der Waals surface area contributed by atoms with Crippen LogP contribution in [0.3, 0.4) is 0 Å². The van der Waals surface area contributed by atoms with E-state index in [-0.39, 0.29) is 5.91 Å². The third-order valence-electron chi connectivity index (χ3n) is 3.50. The number of hydrogen-bond donors (Lipinski definition) is 3. The molecule has 0 aliphatic rings. The lowest BCUT2D eigenvalue weighted by molar-refractivity contribution is -0.120. The van der Waals surface area contributed by atoms with Crippen LogP contribution in [0.5, 0.6) is 11.5 Å². The van der Waals surface area contributed by atoms with Gasteiger partial charge >= 0.3 is 0 Å². The smallest absolute Gasteiger partial charge is 0.221 e. The van der Waals surface area contributed by atoms with Crippen LogP contribution in [-0.2, 0) is 11.2 Å². The van der Waals surface area contributed by atoms with Crippen molar-refractivity contribution in [2.45, 2.75) is 19.3 Å². The van der Waals surface area contributed by atoms with Gasteiger partial charge in [-0.3, -0.25) is 4.79 Å². The SMILES string of the molecule is COc1cc(OC)c2cc(CCCNC(=O)CCN)[nH]c2c1. The van der Waals surface area contributed by atoms with Crippen LogP contribution >= 0.6 is 0 Å². The van der Waals surface area contributed by atoms with E-state index in [2.05, 4.69) is 16.4 Å². The Kier molecular flexibility index (Phi) is 5.66. The number of aryl methyl sites for hydroxylation is 1. The number of methoxy groups -OCH3 is 2. The number of aromatic nitrogens is 1. The summed E-state index contributed by atoms with van der Waals surface area (Å²) in [6.45, 7) is 1.03. The fourth-order valence-electron chi connectivity index (χ4n) is 2.38. The zero-order valence-corrected chi connectivity index (χ0v) is 13.1. The summed E-state index contributed by atoms with van der Waals surface area (Å²) in [5.41, 5.74) is 7.42. The minimum absolute atomic E-state index is 0.00514. The number of benzene rings is 1. The topological polar surface area (TPSA) is 89.4 Å². The average Bonchev–Trinajstić information content (AvgIpc) is 2.93. The zero-order chi connectivity index (χ0) is 15.9. The van der Waals surface area contributed by atoms with Gasteiger partial charge in [0, 0.05) is 42.7 Å². The number of nitrogens with two attached hydrogens (primary N) is 1. The Balaban J connectivity index is 1.99. The molecule has 22 heavy (non-hydrogen) atoms. The number of amides is 1. The third kappa shape index (κ3) is 3.92. The van der Waals surface area contributed by atoms with Gasteiger partial charge in [-0.1, -0.05) is 0 Å². The number of aromatic amines is 1. The van der Waals surface area contributed by atoms with Crippen molar-refractivity contribution in [1.29, 1.82) is 0 Å². The Bertz CT molecular complexity index is 637. The summed E-state index contributed by atoms with van der Waals surface area (Å²) in [6.07, 6.45) is 2.09. The van der Waals surface area contributed by atoms with Crippen molar-refractivity contribution in [3.8, 4) is 11.5 Å². The predicted molar refractivity (Wildman–Crippen MR) is 86.4 cm³/mol. The highest BCUT2D eigenvalue weighted by atomic mass is 16.5. The Morgan fingerprint density at radius 1 is 1.27 bits per heavy atom. The van der Waals surface area contributed by atoms with Gasteiger partial charge in [0.2, 0.25) is 5.91 Å². The first-order valence-corrected chi connectivity index (χ1v) is 7.38. The number of hydrogen-bond acceptors (Lipinski definition) is 4. The molecule has 1 heterocycles. The summed E-state index contributed by atoms with van der Waals surface area (Å²) in [5.74, 6) is 1.55. The second-order valence-corrected chi connectivity index (χ2v) is 5.08. The van der Waals surface area contributed by atoms with Crippen LogP contribution in [0.15, 0.2) is 18.2 Å². The summed E-state index contributed by atoms with van der Waals surface area (Å²) >= 11 is 0. The van der Waals surface area contributed by atoms with Gasteiger partial charge in [-0.2, -0.15) is 0 Å². The van der Waals surface area contributed by atoms with Crippen molar-refractivity contribution in [1.82, 2.24) is 10.3 Å². The molecule has 1 aromatic heterocycles. The molecule has 0 spiro atoms. The predicted octanol–water partition coefficient (Wildman–Crippen LogP) is 1.58. The fraction of sp³-hybridized carbons (Fsp3) is 0.438. The number of carbonyl (C=O) groups is 1. The molecule has 0 fully saturated rings. The molecule has 1 aromatic carbocycles. The van der Waals surface area contributed by atoms with Crippen molar-refractivity contribution >= 4 is 16.8 Å². The molecule has 6 heteroatoms. The maximum atomic E-state index is 11.3. The molecule has 1 amide bonds. The largest absolute Gasteiger partial charge is 0.497 e. The second kappa shape index (κ2) is 7.70. The first kappa shape index (κ1) is 16.2. The van der Waals surface area contributed by atoms with Gasteiger partial charge in [0.1, 0.15) is 11.5 Å². The molecule has 0 unspecified atom stereocenters. The van der Waals surface area contributed by atoms with Crippen molar-refractivity contribution in [3.05, 3.63) is 23.9 Å². The minimum atomic E-state index is 0.00514. The molecule has 0 saturated carbocycles. The summed E-state index contributed by atoms with van der Waals surface area (Å²) < 4.78 is 10.7. The second-order valence-electron chi connectivity index (χ2n) is 5.08. The number of nitrogens with one attached hydrogen (secondary N) is 2. The molecule has 2 rings (SSSR count). The van der Waals surface area contributed by atoms with E-state index in [9.17, 15) is 4.79 Å². The van der Waals surface area contributed by atoms with Gasteiger partial charge in [0.25, 0.3) is 0 Å². The van der Waals surface area contributed by atoms with E-state index in [4.69, 9.17) is 15.2 Å². The van der Waals surface area contributed by atoms with Crippen LogP contribution in [0.4, 0.5) is 0 Å². The number of carbonyl (C=O) groups excluding carboxylic acids is 1. The fourth-order valence-corrected chi connectivity index (χ4v) is 2.38. The van der Waals surface area contributed by atoms with E-state index in [1.165, 1.54) is 0 Å². The Morgan fingerprint density at radius 2 is 2.09 bits per heavy atom. The highest BCUT2D eigenvalue weighted by Gasteiger charge is 2.09. The van der Waals surface area contributed by atoms with E-state index in [1.54, 1.807) is 14.2 Å². The van der Waals surface area contributed by atoms with Crippen LogP contribution in [0.25, 0.3) is 10.9 Å². The number of H-pyrrole nitrogens is 1. The van der Waals surface area contributed by atoms with Gasteiger partial charge in [-0.05, 0) is 18.9 Å². The van der Waals surface area contributed by atoms with Gasteiger partial charge in [-0.15, -0.1) is 0 Å². The summed E-state index contributed by atoms with van der Waals surface area (Å²) in [4.78, 5) is 14.7. The molecular formula is C16H23N3O3. The molecule has 0 saturated heterocycles. The lowest BCUT2D eigenvalue weighted by atomic mass is 10.2. The maximum absolute atomic E-state index is 11.3. The summed E-state index contributed by atoms with van der Waals surface area (Å²) in [6, 6.07) is 5.90. The van der Waals surface area contributed by atoms with E-state index in [0.717, 1.165) is 40.9 Å². The van der Waals surface area contributed by atoms with Crippen molar-refractivity contribution in [2.24, 2.45) is 5.73 Å². The average molecular weight is 305 g/mol. The highest BCUT2D eigenvalue weighted by Crippen LogP contribution is 2.31. The first-order valence-electron chi connectivity index (χ1n) is 7.38. The van der Waals surface area contributed by atoms with Gasteiger partial charge in [-0.25, -0.2) is 0 Å². The van der Waals surface area contributed by atoms with E-state index in [0.29, 0.717) is 19.5 Å². The standard InChI is InChI=1S/C16H23N3O3/c1-21-12-9-14-13(15(10-12)22-2)8-11(19-14)4-3-7-18-16(20)5-6-17/h8-10,19H,3-7,17H2,1-2H3,(H,18,20). The van der Waals surface area contributed by atoms with E-state index >= 15 is 0 Å².